The molecule has 1 aliphatic heterocycles. The first-order chi connectivity index (χ1) is 11.5. The quantitative estimate of drug-likeness (QED) is 0.556. The fourth-order valence-electron chi connectivity index (χ4n) is 3.14. The van der Waals surface area contributed by atoms with E-state index in [0.717, 1.165) is 38.5 Å². The Labute approximate surface area is 143 Å². The van der Waals surface area contributed by atoms with Gasteiger partial charge in [0.1, 0.15) is 6.54 Å². The number of aliphatic carboxylic acids is 1. The lowest BCUT2D eigenvalue weighted by atomic mass is 10.0. The van der Waals surface area contributed by atoms with Gasteiger partial charge in [0.15, 0.2) is 0 Å². The van der Waals surface area contributed by atoms with Crippen LogP contribution in [0.2, 0.25) is 0 Å². The lowest BCUT2D eigenvalue weighted by Gasteiger charge is -2.30. The molecule has 0 bridgehead atoms. The van der Waals surface area contributed by atoms with E-state index in [1.54, 1.807) is 0 Å². The lowest BCUT2D eigenvalue weighted by Crippen LogP contribution is -2.45. The molecule has 1 aliphatic rings. The molecule has 1 saturated heterocycles. The van der Waals surface area contributed by atoms with Gasteiger partial charge in [-0.2, -0.15) is 0 Å². The third kappa shape index (κ3) is 6.86. The summed E-state index contributed by atoms with van der Waals surface area (Å²) in [7, 11) is 1.53. The van der Waals surface area contributed by atoms with Gasteiger partial charge in [0.25, 0.3) is 0 Å². The van der Waals surface area contributed by atoms with Gasteiger partial charge in [-0.05, 0) is 19.3 Å². The number of carboxylic acid groups (broad SMARTS) is 1. The number of carboxylic acids is 1. The van der Waals surface area contributed by atoms with Gasteiger partial charge in [-0.25, -0.2) is 0 Å². The van der Waals surface area contributed by atoms with Crippen LogP contribution in [0.1, 0.15) is 58.3 Å². The van der Waals surface area contributed by atoms with Crippen molar-refractivity contribution in [1.29, 1.82) is 0 Å². The first-order valence-electron chi connectivity index (χ1n) is 8.80. The second-order valence-electron chi connectivity index (χ2n) is 6.26. The summed E-state index contributed by atoms with van der Waals surface area (Å²) in [5, 5.41) is 10.9. The molecule has 7 nitrogen and oxygen atoms in total. The Bertz CT molecular complexity index is 427. The molecular weight excluding hydrogens is 312 g/mol. The smallest absolute Gasteiger partial charge is 0.322 e. The highest BCUT2D eigenvalue weighted by Crippen LogP contribution is 2.25. The Morgan fingerprint density at radius 3 is 2.67 bits per heavy atom. The Balaban J connectivity index is 2.52. The number of amides is 2. The van der Waals surface area contributed by atoms with Crippen molar-refractivity contribution >= 4 is 17.8 Å². The van der Waals surface area contributed by atoms with Crippen molar-refractivity contribution < 1.29 is 24.2 Å². The van der Waals surface area contributed by atoms with Crippen molar-refractivity contribution in [2.24, 2.45) is 0 Å². The van der Waals surface area contributed by atoms with Crippen LogP contribution in [-0.4, -0.2) is 60.1 Å². The average molecular weight is 342 g/mol. The average Bonchev–Trinajstić information content (AvgIpc) is 3.04. The number of carbonyl (C=O) groups is 3. The van der Waals surface area contributed by atoms with Crippen molar-refractivity contribution in [3.05, 3.63) is 0 Å². The minimum atomic E-state index is -1.08. The van der Waals surface area contributed by atoms with Gasteiger partial charge < -0.3 is 20.1 Å². The molecule has 2 unspecified atom stereocenters. The minimum Gasteiger partial charge on any atom is -0.480 e. The van der Waals surface area contributed by atoms with Gasteiger partial charge in [0, 0.05) is 20.1 Å². The van der Waals surface area contributed by atoms with Crippen LogP contribution in [0.5, 0.6) is 0 Å². The number of unbranched alkanes of at least 4 members (excludes halogenated alkanes) is 3. The number of rotatable bonds is 11. The van der Waals surface area contributed by atoms with E-state index in [2.05, 4.69) is 12.2 Å². The Hall–Kier alpha value is -1.63. The summed E-state index contributed by atoms with van der Waals surface area (Å²) in [5.41, 5.74) is 0. The highest BCUT2D eigenvalue weighted by Gasteiger charge is 2.35. The van der Waals surface area contributed by atoms with Crippen LogP contribution in [0.15, 0.2) is 0 Å². The van der Waals surface area contributed by atoms with Crippen molar-refractivity contribution in [3.63, 3.8) is 0 Å². The number of likely N-dealkylation sites (tertiary alicyclic amines) is 1. The van der Waals surface area contributed by atoms with E-state index < -0.39 is 18.6 Å². The van der Waals surface area contributed by atoms with Gasteiger partial charge in [-0.3, -0.25) is 14.4 Å². The van der Waals surface area contributed by atoms with E-state index in [-0.39, 0.29) is 24.3 Å². The van der Waals surface area contributed by atoms with Gasteiger partial charge in [0.05, 0.1) is 18.6 Å². The fraction of sp³-hybridized carbons (Fsp3) is 0.824. The molecule has 138 valence electrons. The maximum Gasteiger partial charge on any atom is 0.322 e. The number of carbonyl (C=O) groups excluding carboxylic acids is 2. The maximum atomic E-state index is 12.4. The number of nitrogens with one attached hydrogen (secondary N) is 1. The summed E-state index contributed by atoms with van der Waals surface area (Å²) < 4.78 is 5.43. The molecule has 0 radical (unpaired) electrons. The monoisotopic (exact) mass is 342 g/mol. The maximum absolute atomic E-state index is 12.4. The summed E-state index contributed by atoms with van der Waals surface area (Å²) in [6.45, 7) is 2.44. The van der Waals surface area contributed by atoms with Crippen molar-refractivity contribution in [2.75, 3.05) is 20.2 Å². The topological polar surface area (TPSA) is 95.9 Å². The first-order valence-corrected chi connectivity index (χ1v) is 8.80. The zero-order valence-electron chi connectivity index (χ0n) is 14.8. The second-order valence-corrected chi connectivity index (χ2v) is 6.26. The van der Waals surface area contributed by atoms with E-state index in [4.69, 9.17) is 9.84 Å². The van der Waals surface area contributed by atoms with E-state index in [1.165, 1.54) is 7.11 Å². The Kier molecular flexibility index (Phi) is 9.37. The van der Waals surface area contributed by atoms with Crippen molar-refractivity contribution in [3.8, 4) is 0 Å². The summed E-state index contributed by atoms with van der Waals surface area (Å²) in [5.74, 6) is -1.32. The SMILES string of the molecule is CCCCCCC(=O)N1CCCC1C(CC(=O)NCC(=O)O)OC. The molecule has 1 fully saturated rings. The van der Waals surface area contributed by atoms with Crippen LogP contribution in [0.3, 0.4) is 0 Å². The number of ether oxygens (including phenoxy) is 1. The third-order valence-corrected chi connectivity index (χ3v) is 4.42. The molecule has 2 amide bonds. The molecule has 0 saturated carbocycles. The van der Waals surface area contributed by atoms with Crippen LogP contribution >= 0.6 is 0 Å². The third-order valence-electron chi connectivity index (χ3n) is 4.42. The molecule has 1 rings (SSSR count). The second kappa shape index (κ2) is 11.0. The van der Waals surface area contributed by atoms with Crippen LogP contribution in [0, 0.1) is 0 Å². The van der Waals surface area contributed by atoms with Gasteiger partial charge in [0.2, 0.25) is 11.8 Å². The Morgan fingerprint density at radius 1 is 1.29 bits per heavy atom. The van der Waals surface area contributed by atoms with Crippen LogP contribution < -0.4 is 5.32 Å². The van der Waals surface area contributed by atoms with Gasteiger partial charge in [-0.15, -0.1) is 0 Å². The summed E-state index contributed by atoms with van der Waals surface area (Å²) in [6.07, 6.45) is 6.15. The van der Waals surface area contributed by atoms with Gasteiger partial charge >= 0.3 is 5.97 Å². The molecule has 2 N–H and O–H groups in total. The molecule has 7 heteroatoms. The molecule has 0 aromatic heterocycles. The van der Waals surface area contributed by atoms with Crippen molar-refractivity contribution in [2.45, 2.75) is 70.4 Å². The number of hydrogen-bond acceptors (Lipinski definition) is 4. The Morgan fingerprint density at radius 2 is 2.04 bits per heavy atom. The summed E-state index contributed by atoms with van der Waals surface area (Å²) >= 11 is 0. The standard InChI is InChI=1S/C17H30N2O5/c1-3-4-5-6-9-16(21)19-10-7-8-13(19)14(24-2)11-15(20)18-12-17(22)23/h13-14H,3-12H2,1-2H3,(H,18,20)(H,22,23). The van der Waals surface area contributed by atoms with E-state index in [0.29, 0.717) is 13.0 Å². The van der Waals surface area contributed by atoms with Crippen LogP contribution in [-0.2, 0) is 19.1 Å². The van der Waals surface area contributed by atoms with Gasteiger partial charge in [-0.1, -0.05) is 26.2 Å². The van der Waals surface area contributed by atoms with Crippen LogP contribution in [0.4, 0.5) is 0 Å². The molecule has 0 aromatic rings. The van der Waals surface area contributed by atoms with E-state index in [9.17, 15) is 14.4 Å². The minimum absolute atomic E-state index is 0.0636. The predicted molar refractivity (Wildman–Crippen MR) is 89.6 cm³/mol. The number of nitrogens with zero attached hydrogens (tertiary/aromatic N) is 1. The largest absolute Gasteiger partial charge is 0.480 e. The zero-order valence-corrected chi connectivity index (χ0v) is 14.8. The fourth-order valence-corrected chi connectivity index (χ4v) is 3.14. The molecular formula is C17H30N2O5. The molecule has 24 heavy (non-hydrogen) atoms. The molecule has 0 aromatic carbocycles. The molecule has 0 spiro atoms. The normalized spacial score (nSPS) is 18.4. The number of methoxy groups -OCH3 is 1. The molecule has 2 atom stereocenters. The summed E-state index contributed by atoms with van der Waals surface area (Å²) in [6, 6.07) is -0.107. The summed E-state index contributed by atoms with van der Waals surface area (Å²) in [4.78, 5) is 36.6. The lowest BCUT2D eigenvalue weighted by molar-refractivity contribution is -0.139. The highest BCUT2D eigenvalue weighted by molar-refractivity contribution is 5.81. The zero-order chi connectivity index (χ0) is 17.9. The first kappa shape index (κ1) is 20.4. The number of hydrogen-bond donors (Lipinski definition) is 2. The van der Waals surface area contributed by atoms with Crippen LogP contribution in [0.25, 0.3) is 0 Å². The molecule has 0 aliphatic carbocycles. The molecule has 1 heterocycles. The van der Waals surface area contributed by atoms with E-state index >= 15 is 0 Å². The highest BCUT2D eigenvalue weighted by atomic mass is 16.5. The van der Waals surface area contributed by atoms with E-state index in [1.807, 2.05) is 4.90 Å². The van der Waals surface area contributed by atoms with Crippen molar-refractivity contribution in [1.82, 2.24) is 10.2 Å². The predicted octanol–water partition coefficient (Wildman–Crippen LogP) is 1.55.